The summed E-state index contributed by atoms with van der Waals surface area (Å²) in [5.41, 5.74) is 4.04. The number of nitrogens with one attached hydrogen (secondary N) is 2. The molecule has 0 aliphatic rings. The highest BCUT2D eigenvalue weighted by atomic mass is 16.2. The summed E-state index contributed by atoms with van der Waals surface area (Å²) in [5.74, 6) is 0.172. The molecular formula is C24H34N3O2+. The van der Waals surface area contributed by atoms with E-state index >= 15 is 0 Å². The molecule has 5 nitrogen and oxygen atoms in total. The highest BCUT2D eigenvalue weighted by molar-refractivity contribution is 5.96. The molecule has 0 radical (unpaired) electrons. The maximum Gasteiger partial charge on any atom is 0.278 e. The van der Waals surface area contributed by atoms with Crippen molar-refractivity contribution < 1.29 is 14.9 Å². The summed E-state index contributed by atoms with van der Waals surface area (Å²) in [7, 11) is 0. The Morgan fingerprint density at radius 1 is 0.931 bits per heavy atom. The van der Waals surface area contributed by atoms with Gasteiger partial charge in [-0.2, -0.15) is 0 Å². The van der Waals surface area contributed by atoms with Gasteiger partial charge in [0.1, 0.15) is 6.04 Å². The predicted molar refractivity (Wildman–Crippen MR) is 118 cm³/mol. The Hall–Kier alpha value is -2.66. The van der Waals surface area contributed by atoms with Crippen LogP contribution in [0.15, 0.2) is 48.5 Å². The van der Waals surface area contributed by atoms with E-state index in [0.717, 1.165) is 23.2 Å². The van der Waals surface area contributed by atoms with Gasteiger partial charge in [-0.25, -0.2) is 0 Å². The second-order valence-electron chi connectivity index (χ2n) is 8.16. The summed E-state index contributed by atoms with van der Waals surface area (Å²) >= 11 is 0. The molecule has 0 aromatic heterocycles. The summed E-state index contributed by atoms with van der Waals surface area (Å²) in [5, 5.41) is 7.76. The second-order valence-corrected chi connectivity index (χ2v) is 8.16. The van der Waals surface area contributed by atoms with E-state index in [1.54, 1.807) is 0 Å². The van der Waals surface area contributed by atoms with Crippen molar-refractivity contribution in [2.45, 2.75) is 53.1 Å². The molecule has 2 atom stereocenters. The van der Waals surface area contributed by atoms with Crippen molar-refractivity contribution >= 4 is 17.5 Å². The van der Waals surface area contributed by atoms with Crippen molar-refractivity contribution in [1.29, 1.82) is 0 Å². The van der Waals surface area contributed by atoms with Gasteiger partial charge < -0.3 is 16.0 Å². The number of quaternary nitrogens is 1. The number of aryl methyl sites for hydroxylation is 2. The third-order valence-electron chi connectivity index (χ3n) is 5.06. The van der Waals surface area contributed by atoms with E-state index in [-0.39, 0.29) is 30.4 Å². The highest BCUT2D eigenvalue weighted by Gasteiger charge is 2.24. The minimum Gasteiger partial charge on any atom is -0.342 e. The summed E-state index contributed by atoms with van der Waals surface area (Å²) in [6, 6.07) is 16.1. The van der Waals surface area contributed by atoms with E-state index in [1.807, 2.05) is 57.2 Å². The third kappa shape index (κ3) is 7.02. The van der Waals surface area contributed by atoms with Crippen molar-refractivity contribution in [2.24, 2.45) is 5.92 Å². The molecule has 0 aliphatic heterocycles. The molecule has 0 aliphatic carbocycles. The van der Waals surface area contributed by atoms with Crippen LogP contribution in [0.5, 0.6) is 0 Å². The molecule has 0 bridgehead atoms. The average molecular weight is 397 g/mol. The number of hydrogen-bond acceptors (Lipinski definition) is 2. The van der Waals surface area contributed by atoms with Gasteiger partial charge in [-0.3, -0.25) is 9.59 Å². The minimum atomic E-state index is -0.285. The lowest BCUT2D eigenvalue weighted by atomic mass is 9.96. The molecule has 2 aromatic rings. The number of hydrogen-bond donors (Lipinski definition) is 3. The molecule has 29 heavy (non-hydrogen) atoms. The fraction of sp³-hybridized carbons (Fsp3) is 0.417. The lowest BCUT2D eigenvalue weighted by molar-refractivity contribution is -0.714. The van der Waals surface area contributed by atoms with Crippen LogP contribution in [0.1, 0.15) is 49.9 Å². The van der Waals surface area contributed by atoms with Crippen LogP contribution in [0.25, 0.3) is 0 Å². The van der Waals surface area contributed by atoms with E-state index in [9.17, 15) is 9.59 Å². The molecule has 2 rings (SSSR count). The molecule has 2 aromatic carbocycles. The van der Waals surface area contributed by atoms with Crippen LogP contribution in [0, 0.1) is 19.8 Å². The molecule has 0 unspecified atom stereocenters. The maximum absolute atomic E-state index is 12.6. The molecule has 0 saturated carbocycles. The summed E-state index contributed by atoms with van der Waals surface area (Å²) in [6.45, 7) is 10.1. The molecule has 5 heteroatoms. The van der Waals surface area contributed by atoms with Gasteiger partial charge in [0, 0.05) is 17.7 Å². The molecule has 0 fully saturated rings. The van der Waals surface area contributed by atoms with Crippen molar-refractivity contribution in [1.82, 2.24) is 5.32 Å². The number of rotatable bonds is 9. The lowest BCUT2D eigenvalue weighted by Crippen LogP contribution is -2.92. The number of carbonyl (C=O) groups is 2. The van der Waals surface area contributed by atoms with Crippen LogP contribution < -0.4 is 16.0 Å². The second kappa shape index (κ2) is 10.8. The normalized spacial score (nSPS) is 13.0. The van der Waals surface area contributed by atoms with E-state index < -0.39 is 0 Å². The zero-order valence-electron chi connectivity index (χ0n) is 18.2. The molecule has 0 saturated heterocycles. The largest absolute Gasteiger partial charge is 0.342 e. The highest BCUT2D eigenvalue weighted by Crippen LogP contribution is 2.19. The molecule has 4 N–H and O–H groups in total. The third-order valence-corrected chi connectivity index (χ3v) is 5.06. The quantitative estimate of drug-likeness (QED) is 0.609. The number of amides is 2. The van der Waals surface area contributed by atoms with Gasteiger partial charge in [-0.15, -0.1) is 0 Å². The van der Waals surface area contributed by atoms with Crippen LogP contribution in [0.3, 0.4) is 0 Å². The summed E-state index contributed by atoms with van der Waals surface area (Å²) in [6.07, 6.45) is 0.981. The first kappa shape index (κ1) is 22.6. The zero-order valence-corrected chi connectivity index (χ0v) is 18.2. The van der Waals surface area contributed by atoms with Crippen molar-refractivity contribution in [3.05, 3.63) is 65.2 Å². The summed E-state index contributed by atoms with van der Waals surface area (Å²) < 4.78 is 0. The SMILES string of the molecule is Cc1cccc(C)c1NC(=O)CNC(=O)[C@H](C)[NH2+][C@H](CC(C)C)c1ccccc1. The Kier molecular flexibility index (Phi) is 8.40. The van der Waals surface area contributed by atoms with Gasteiger partial charge in [0.2, 0.25) is 5.91 Å². The molecular weight excluding hydrogens is 362 g/mol. The van der Waals surface area contributed by atoms with E-state index in [4.69, 9.17) is 0 Å². The molecule has 2 amide bonds. The Bertz CT molecular complexity index is 798. The number of anilines is 1. The van der Waals surface area contributed by atoms with Crippen molar-refractivity contribution in [3.8, 4) is 0 Å². The number of para-hydroxylation sites is 1. The smallest absolute Gasteiger partial charge is 0.278 e. The van der Waals surface area contributed by atoms with E-state index in [1.165, 1.54) is 5.56 Å². The van der Waals surface area contributed by atoms with E-state index in [2.05, 4.69) is 41.9 Å². The number of nitrogens with two attached hydrogens (primary N) is 1. The molecule has 156 valence electrons. The minimum absolute atomic E-state index is 0.0367. The Labute approximate surface area is 174 Å². The fourth-order valence-electron chi connectivity index (χ4n) is 3.49. The predicted octanol–water partition coefficient (Wildman–Crippen LogP) is 3.10. The Morgan fingerprint density at radius 3 is 2.14 bits per heavy atom. The lowest BCUT2D eigenvalue weighted by Gasteiger charge is -2.21. The average Bonchev–Trinajstić information content (AvgIpc) is 2.68. The van der Waals surface area contributed by atoms with Gasteiger partial charge >= 0.3 is 0 Å². The van der Waals surface area contributed by atoms with Crippen LogP contribution in [-0.4, -0.2) is 24.4 Å². The van der Waals surface area contributed by atoms with Crippen LogP contribution in [-0.2, 0) is 9.59 Å². The van der Waals surface area contributed by atoms with Crippen LogP contribution >= 0.6 is 0 Å². The first-order valence-corrected chi connectivity index (χ1v) is 10.3. The Balaban J connectivity index is 1.91. The van der Waals surface area contributed by atoms with Gasteiger partial charge in [0.25, 0.3) is 5.91 Å². The number of carbonyl (C=O) groups excluding carboxylic acids is 2. The van der Waals surface area contributed by atoms with Gasteiger partial charge in [0.15, 0.2) is 6.04 Å². The number of benzene rings is 2. The Morgan fingerprint density at radius 2 is 1.55 bits per heavy atom. The first-order valence-electron chi connectivity index (χ1n) is 10.3. The van der Waals surface area contributed by atoms with Crippen LogP contribution in [0.2, 0.25) is 0 Å². The monoisotopic (exact) mass is 396 g/mol. The van der Waals surface area contributed by atoms with Gasteiger partial charge in [0.05, 0.1) is 6.54 Å². The van der Waals surface area contributed by atoms with E-state index in [0.29, 0.717) is 5.92 Å². The van der Waals surface area contributed by atoms with Crippen LogP contribution in [0.4, 0.5) is 5.69 Å². The van der Waals surface area contributed by atoms with Gasteiger partial charge in [-0.05, 0) is 37.8 Å². The molecule has 0 heterocycles. The maximum atomic E-state index is 12.6. The standard InChI is InChI=1S/C24H33N3O2/c1-16(2)14-21(20-12-7-6-8-13-20)26-19(5)24(29)25-15-22(28)27-23-17(3)10-9-11-18(23)4/h6-13,16,19,21,26H,14-15H2,1-5H3,(H,25,29)(H,27,28)/p+1/t19-,21+/m0/s1. The van der Waals surface area contributed by atoms with Crippen molar-refractivity contribution in [2.75, 3.05) is 11.9 Å². The topological polar surface area (TPSA) is 74.8 Å². The van der Waals surface area contributed by atoms with Crippen molar-refractivity contribution in [3.63, 3.8) is 0 Å². The first-order chi connectivity index (χ1) is 13.8. The van der Waals surface area contributed by atoms with Gasteiger partial charge in [-0.1, -0.05) is 62.4 Å². The fourth-order valence-corrected chi connectivity index (χ4v) is 3.49. The zero-order chi connectivity index (χ0) is 21.4. The molecule has 0 spiro atoms. The summed E-state index contributed by atoms with van der Waals surface area (Å²) in [4.78, 5) is 24.9.